The molecule has 0 spiro atoms. The number of nitrogens with two attached hydrogens (primary N) is 1. The average molecular weight is 287 g/mol. The fourth-order valence-electron chi connectivity index (χ4n) is 2.60. The van der Waals surface area contributed by atoms with Gasteiger partial charge < -0.3 is 0 Å². The summed E-state index contributed by atoms with van der Waals surface area (Å²) in [6.45, 7) is 4.39. The van der Waals surface area contributed by atoms with Crippen molar-refractivity contribution in [1.29, 1.82) is 0 Å². The van der Waals surface area contributed by atoms with E-state index in [1.165, 1.54) is 5.56 Å². The number of aromatic nitrogens is 3. The lowest BCUT2D eigenvalue weighted by Crippen LogP contribution is -2.38. The molecule has 0 bridgehead atoms. The van der Waals surface area contributed by atoms with Crippen LogP contribution in [0.1, 0.15) is 44.0 Å². The molecule has 1 atom stereocenters. The maximum Gasteiger partial charge on any atom is 0.0640 e. The Morgan fingerprint density at radius 2 is 2.05 bits per heavy atom. The van der Waals surface area contributed by atoms with Crippen molar-refractivity contribution < 1.29 is 0 Å². The Labute approximate surface area is 126 Å². The van der Waals surface area contributed by atoms with Crippen molar-refractivity contribution in [3.63, 3.8) is 0 Å². The molecule has 0 radical (unpaired) electrons. The number of nitrogens with one attached hydrogen (secondary N) is 1. The van der Waals surface area contributed by atoms with Gasteiger partial charge in [0.15, 0.2) is 0 Å². The van der Waals surface area contributed by atoms with Crippen molar-refractivity contribution in [1.82, 2.24) is 20.2 Å². The van der Waals surface area contributed by atoms with Crippen LogP contribution >= 0.6 is 0 Å². The van der Waals surface area contributed by atoms with Crippen LogP contribution in [0.25, 0.3) is 0 Å². The molecule has 0 aliphatic carbocycles. The van der Waals surface area contributed by atoms with E-state index in [9.17, 15) is 0 Å². The summed E-state index contributed by atoms with van der Waals surface area (Å²) in [7, 11) is 0. The molecule has 0 saturated heterocycles. The minimum atomic E-state index is 0.166. The van der Waals surface area contributed by atoms with E-state index in [-0.39, 0.29) is 6.04 Å². The second-order valence-electron chi connectivity index (χ2n) is 5.39. The summed E-state index contributed by atoms with van der Waals surface area (Å²) in [4.78, 5) is 4.14. The molecule has 2 aromatic heterocycles. The van der Waals surface area contributed by atoms with Crippen molar-refractivity contribution in [2.75, 3.05) is 0 Å². The van der Waals surface area contributed by atoms with E-state index < -0.39 is 0 Å². The number of hydrazine groups is 1. The van der Waals surface area contributed by atoms with Crippen molar-refractivity contribution >= 4 is 0 Å². The standard InChI is InChI=1S/C16H25N5/c1-3-16(4-2)21-9-7-14(20-21)11-15(19-17)10-13-6-5-8-18-12-13/h5-9,12,15-16,19H,3-4,10-11,17H2,1-2H3. The summed E-state index contributed by atoms with van der Waals surface area (Å²) >= 11 is 0. The molecule has 114 valence electrons. The largest absolute Gasteiger partial charge is 0.271 e. The maximum absolute atomic E-state index is 5.68. The minimum Gasteiger partial charge on any atom is -0.271 e. The highest BCUT2D eigenvalue weighted by Crippen LogP contribution is 2.15. The zero-order valence-corrected chi connectivity index (χ0v) is 12.9. The smallest absolute Gasteiger partial charge is 0.0640 e. The zero-order chi connectivity index (χ0) is 15.1. The molecule has 0 aromatic carbocycles. The third kappa shape index (κ3) is 4.37. The van der Waals surface area contributed by atoms with Crippen LogP contribution in [0, 0.1) is 0 Å². The molecule has 2 aromatic rings. The Hall–Kier alpha value is -1.72. The second-order valence-corrected chi connectivity index (χ2v) is 5.39. The molecular formula is C16H25N5. The van der Waals surface area contributed by atoms with Gasteiger partial charge in [-0.2, -0.15) is 5.10 Å². The SMILES string of the molecule is CCC(CC)n1ccc(CC(Cc2cccnc2)NN)n1. The van der Waals surface area contributed by atoms with Crippen LogP contribution in [0.4, 0.5) is 0 Å². The molecule has 0 fully saturated rings. The molecule has 1 unspecified atom stereocenters. The van der Waals surface area contributed by atoms with Crippen molar-refractivity contribution in [3.8, 4) is 0 Å². The lowest BCUT2D eigenvalue weighted by atomic mass is 10.0. The maximum atomic E-state index is 5.68. The number of rotatable bonds is 8. The highest BCUT2D eigenvalue weighted by Gasteiger charge is 2.13. The number of hydrogen-bond acceptors (Lipinski definition) is 4. The van der Waals surface area contributed by atoms with Crippen molar-refractivity contribution in [2.45, 2.75) is 51.6 Å². The second kappa shape index (κ2) is 7.90. The summed E-state index contributed by atoms with van der Waals surface area (Å²) in [5.74, 6) is 5.68. The van der Waals surface area contributed by atoms with Gasteiger partial charge in [-0.3, -0.25) is 20.9 Å². The van der Waals surface area contributed by atoms with Gasteiger partial charge in [0, 0.05) is 31.1 Å². The normalized spacial score (nSPS) is 12.8. The molecule has 3 N–H and O–H groups in total. The highest BCUT2D eigenvalue weighted by molar-refractivity contribution is 5.12. The van der Waals surface area contributed by atoms with Gasteiger partial charge in [0.25, 0.3) is 0 Å². The van der Waals surface area contributed by atoms with E-state index in [2.05, 4.69) is 52.4 Å². The van der Waals surface area contributed by atoms with Gasteiger partial charge in [0.05, 0.1) is 11.7 Å². The van der Waals surface area contributed by atoms with Gasteiger partial charge in [-0.25, -0.2) is 0 Å². The summed E-state index contributed by atoms with van der Waals surface area (Å²) in [5, 5.41) is 4.69. The quantitative estimate of drug-likeness (QED) is 0.577. The van der Waals surface area contributed by atoms with Crippen LogP contribution in [0.15, 0.2) is 36.8 Å². The highest BCUT2D eigenvalue weighted by atomic mass is 15.3. The topological polar surface area (TPSA) is 68.8 Å². The Kier molecular flexibility index (Phi) is 5.90. The molecular weight excluding hydrogens is 262 g/mol. The van der Waals surface area contributed by atoms with E-state index in [0.717, 1.165) is 31.4 Å². The van der Waals surface area contributed by atoms with E-state index in [0.29, 0.717) is 6.04 Å². The van der Waals surface area contributed by atoms with Crippen LogP contribution in [-0.2, 0) is 12.8 Å². The number of pyridine rings is 1. The summed E-state index contributed by atoms with van der Waals surface area (Å²) in [6.07, 6.45) is 9.61. The van der Waals surface area contributed by atoms with E-state index in [4.69, 9.17) is 5.84 Å². The first-order valence-corrected chi connectivity index (χ1v) is 7.65. The monoisotopic (exact) mass is 287 g/mol. The molecule has 2 heterocycles. The molecule has 21 heavy (non-hydrogen) atoms. The predicted octanol–water partition coefficient (Wildman–Crippen LogP) is 2.26. The third-order valence-electron chi connectivity index (χ3n) is 3.88. The average Bonchev–Trinajstić information content (AvgIpc) is 2.97. The molecule has 0 amide bonds. The Morgan fingerprint density at radius 1 is 1.24 bits per heavy atom. The Morgan fingerprint density at radius 3 is 2.67 bits per heavy atom. The van der Waals surface area contributed by atoms with Gasteiger partial charge in [0.2, 0.25) is 0 Å². The minimum absolute atomic E-state index is 0.166. The molecule has 5 nitrogen and oxygen atoms in total. The molecule has 0 saturated carbocycles. The fraction of sp³-hybridized carbons (Fsp3) is 0.500. The van der Waals surface area contributed by atoms with Gasteiger partial charge in [-0.15, -0.1) is 0 Å². The lowest BCUT2D eigenvalue weighted by molar-refractivity contribution is 0.421. The number of hydrogen-bond donors (Lipinski definition) is 2. The number of nitrogens with zero attached hydrogens (tertiary/aromatic N) is 3. The fourth-order valence-corrected chi connectivity index (χ4v) is 2.60. The summed E-state index contributed by atoms with van der Waals surface area (Å²) < 4.78 is 2.08. The Bertz CT molecular complexity index is 518. The van der Waals surface area contributed by atoms with Gasteiger partial charge >= 0.3 is 0 Å². The Balaban J connectivity index is 1.99. The van der Waals surface area contributed by atoms with Gasteiger partial charge in [0.1, 0.15) is 0 Å². The van der Waals surface area contributed by atoms with Crippen LogP contribution < -0.4 is 11.3 Å². The summed E-state index contributed by atoms with van der Waals surface area (Å²) in [6, 6.07) is 6.76. The zero-order valence-electron chi connectivity index (χ0n) is 12.9. The molecule has 0 aliphatic rings. The first-order valence-electron chi connectivity index (χ1n) is 7.65. The molecule has 0 aliphatic heterocycles. The van der Waals surface area contributed by atoms with Crippen LogP contribution in [0.5, 0.6) is 0 Å². The van der Waals surface area contributed by atoms with Crippen molar-refractivity contribution in [3.05, 3.63) is 48.0 Å². The van der Waals surface area contributed by atoms with Crippen LogP contribution in [0.2, 0.25) is 0 Å². The van der Waals surface area contributed by atoms with Gasteiger partial charge in [-0.05, 0) is 37.0 Å². The van der Waals surface area contributed by atoms with Gasteiger partial charge in [-0.1, -0.05) is 19.9 Å². The molecule has 2 rings (SSSR count). The van der Waals surface area contributed by atoms with E-state index in [1.807, 2.05) is 12.3 Å². The lowest BCUT2D eigenvalue weighted by Gasteiger charge is -2.15. The van der Waals surface area contributed by atoms with Crippen molar-refractivity contribution in [2.24, 2.45) is 5.84 Å². The van der Waals surface area contributed by atoms with Crippen LogP contribution in [0.3, 0.4) is 0 Å². The molecule has 5 heteroatoms. The van der Waals surface area contributed by atoms with Crippen LogP contribution in [-0.4, -0.2) is 20.8 Å². The van der Waals surface area contributed by atoms with E-state index in [1.54, 1.807) is 6.20 Å². The van der Waals surface area contributed by atoms with E-state index >= 15 is 0 Å². The first kappa shape index (κ1) is 15.7. The first-order chi connectivity index (χ1) is 10.3. The third-order valence-corrected chi connectivity index (χ3v) is 3.88. The predicted molar refractivity (Wildman–Crippen MR) is 84.6 cm³/mol. The summed E-state index contributed by atoms with van der Waals surface area (Å²) in [5.41, 5.74) is 5.15.